The fourth-order valence-corrected chi connectivity index (χ4v) is 3.66. The van der Waals surface area contributed by atoms with Crippen molar-refractivity contribution >= 4 is 29.0 Å². The third-order valence-corrected chi connectivity index (χ3v) is 5.20. The zero-order chi connectivity index (χ0) is 21.2. The Morgan fingerprint density at radius 1 is 0.767 bits per heavy atom. The SMILES string of the molecule is N#CC(C#N)=C(Nc1ccccc1)SCc1ccccc1C(=O)Nc1ccccc1. The van der Waals surface area contributed by atoms with Gasteiger partial charge in [-0.3, -0.25) is 4.79 Å². The third kappa shape index (κ3) is 5.51. The van der Waals surface area contributed by atoms with Crippen molar-refractivity contribution in [1.29, 1.82) is 10.5 Å². The number of rotatable bonds is 7. The van der Waals surface area contributed by atoms with Crippen LogP contribution < -0.4 is 10.6 Å². The maximum atomic E-state index is 12.8. The molecule has 0 aliphatic carbocycles. The minimum Gasteiger partial charge on any atom is -0.349 e. The molecule has 5 nitrogen and oxygen atoms in total. The van der Waals surface area contributed by atoms with E-state index in [0.29, 0.717) is 22.0 Å². The molecule has 0 saturated carbocycles. The van der Waals surface area contributed by atoms with Gasteiger partial charge in [0.15, 0.2) is 5.57 Å². The molecule has 0 radical (unpaired) electrons. The van der Waals surface area contributed by atoms with Crippen LogP contribution in [0.25, 0.3) is 0 Å². The van der Waals surface area contributed by atoms with E-state index in [0.717, 1.165) is 11.3 Å². The smallest absolute Gasteiger partial charge is 0.255 e. The average Bonchev–Trinajstić information content (AvgIpc) is 2.79. The minimum atomic E-state index is -0.209. The summed E-state index contributed by atoms with van der Waals surface area (Å²) < 4.78 is 0. The Morgan fingerprint density at radius 3 is 1.90 bits per heavy atom. The lowest BCUT2D eigenvalue weighted by Crippen LogP contribution is -2.14. The lowest BCUT2D eigenvalue weighted by Gasteiger charge is -2.13. The molecule has 0 aromatic heterocycles. The normalized spacial score (nSPS) is 9.67. The number of nitrogens with one attached hydrogen (secondary N) is 2. The first-order valence-electron chi connectivity index (χ1n) is 9.15. The van der Waals surface area contributed by atoms with Crippen molar-refractivity contribution < 1.29 is 4.79 Å². The lowest BCUT2D eigenvalue weighted by atomic mass is 10.1. The van der Waals surface area contributed by atoms with E-state index in [-0.39, 0.29) is 11.5 Å². The maximum absolute atomic E-state index is 12.8. The highest BCUT2D eigenvalue weighted by Gasteiger charge is 2.14. The average molecular weight is 411 g/mol. The zero-order valence-corrected chi connectivity index (χ0v) is 16.8. The summed E-state index contributed by atoms with van der Waals surface area (Å²) >= 11 is 1.31. The molecule has 0 unspecified atom stereocenters. The number of carbonyl (C=O) groups is 1. The van der Waals surface area contributed by atoms with Crippen molar-refractivity contribution in [2.45, 2.75) is 5.75 Å². The van der Waals surface area contributed by atoms with Gasteiger partial charge < -0.3 is 10.6 Å². The summed E-state index contributed by atoms with van der Waals surface area (Å²) in [6.45, 7) is 0. The summed E-state index contributed by atoms with van der Waals surface area (Å²) in [4.78, 5) is 12.8. The number of para-hydroxylation sites is 2. The maximum Gasteiger partial charge on any atom is 0.255 e. The van der Waals surface area contributed by atoms with Gasteiger partial charge in [0.05, 0.1) is 0 Å². The van der Waals surface area contributed by atoms with Crippen molar-refractivity contribution in [2.75, 3.05) is 10.6 Å². The predicted molar refractivity (Wildman–Crippen MR) is 120 cm³/mol. The molecule has 2 N–H and O–H groups in total. The Bertz CT molecular complexity index is 1110. The van der Waals surface area contributed by atoms with Crippen LogP contribution in [0, 0.1) is 22.7 Å². The van der Waals surface area contributed by atoms with Crippen LogP contribution in [0.2, 0.25) is 0 Å². The van der Waals surface area contributed by atoms with Gasteiger partial charge >= 0.3 is 0 Å². The molecule has 0 atom stereocenters. The molecule has 0 fully saturated rings. The van der Waals surface area contributed by atoms with Gasteiger partial charge in [-0.05, 0) is 35.9 Å². The van der Waals surface area contributed by atoms with Gasteiger partial charge in [0.2, 0.25) is 0 Å². The third-order valence-electron chi connectivity index (χ3n) is 4.15. The summed E-state index contributed by atoms with van der Waals surface area (Å²) in [6.07, 6.45) is 0. The summed E-state index contributed by atoms with van der Waals surface area (Å²) in [5, 5.41) is 25.1. The number of nitriles is 2. The first kappa shape index (κ1) is 20.7. The second-order valence-electron chi connectivity index (χ2n) is 6.18. The number of hydrogen-bond donors (Lipinski definition) is 2. The van der Waals surface area contributed by atoms with Crippen LogP contribution >= 0.6 is 11.8 Å². The van der Waals surface area contributed by atoms with Crippen LogP contribution in [-0.2, 0) is 5.75 Å². The van der Waals surface area contributed by atoms with Gasteiger partial charge in [-0.2, -0.15) is 10.5 Å². The minimum absolute atomic E-state index is 0.00456. The van der Waals surface area contributed by atoms with Crippen LogP contribution in [0.15, 0.2) is 95.5 Å². The number of amides is 1. The molecule has 6 heteroatoms. The molecule has 0 spiro atoms. The first-order valence-corrected chi connectivity index (χ1v) is 10.1. The van der Waals surface area contributed by atoms with Crippen LogP contribution in [0.3, 0.4) is 0 Å². The van der Waals surface area contributed by atoms with Crippen molar-refractivity contribution in [1.82, 2.24) is 0 Å². The van der Waals surface area contributed by atoms with Crippen molar-refractivity contribution in [3.05, 3.63) is 107 Å². The molecule has 3 rings (SSSR count). The zero-order valence-electron chi connectivity index (χ0n) is 16.0. The van der Waals surface area contributed by atoms with E-state index in [9.17, 15) is 15.3 Å². The number of hydrogen-bond acceptors (Lipinski definition) is 5. The monoisotopic (exact) mass is 410 g/mol. The largest absolute Gasteiger partial charge is 0.349 e. The van der Waals surface area contributed by atoms with Crippen molar-refractivity contribution in [3.8, 4) is 12.1 Å². The Balaban J connectivity index is 1.80. The van der Waals surface area contributed by atoms with Crippen LogP contribution in [0.4, 0.5) is 11.4 Å². The molecular weight excluding hydrogens is 392 g/mol. The molecule has 0 aliphatic heterocycles. The highest BCUT2D eigenvalue weighted by atomic mass is 32.2. The van der Waals surface area contributed by atoms with Crippen LogP contribution in [0.5, 0.6) is 0 Å². The Morgan fingerprint density at radius 2 is 1.30 bits per heavy atom. The van der Waals surface area contributed by atoms with Gasteiger partial charge in [-0.1, -0.05) is 54.6 Å². The standard InChI is InChI=1S/C24H18N4OS/c25-15-19(16-26)24(28-21-12-5-2-6-13-21)30-17-18-9-7-8-14-22(18)23(29)27-20-10-3-1-4-11-20/h1-14,28H,17H2,(H,27,29). The van der Waals surface area contributed by atoms with Crippen molar-refractivity contribution in [3.63, 3.8) is 0 Å². The van der Waals surface area contributed by atoms with E-state index in [1.807, 2.05) is 91.0 Å². The number of thioether (sulfide) groups is 1. The van der Waals surface area contributed by atoms with Gasteiger partial charge in [0.1, 0.15) is 17.2 Å². The second kappa shape index (κ2) is 10.5. The number of carbonyl (C=O) groups excluding carboxylic acids is 1. The molecular formula is C24H18N4OS. The Labute approximate surface area is 179 Å². The summed E-state index contributed by atoms with van der Waals surface area (Å²) in [7, 11) is 0. The van der Waals surface area contributed by atoms with Gasteiger partial charge in [0.25, 0.3) is 5.91 Å². The number of allylic oxidation sites excluding steroid dienone is 1. The van der Waals surface area contributed by atoms with Crippen LogP contribution in [0.1, 0.15) is 15.9 Å². The highest BCUT2D eigenvalue weighted by Crippen LogP contribution is 2.27. The molecule has 0 heterocycles. The molecule has 0 bridgehead atoms. The van der Waals surface area contributed by atoms with Gasteiger partial charge in [0, 0.05) is 22.7 Å². The fourth-order valence-electron chi connectivity index (χ4n) is 2.69. The van der Waals surface area contributed by atoms with Gasteiger partial charge in [-0.25, -0.2) is 0 Å². The van der Waals surface area contributed by atoms with E-state index < -0.39 is 0 Å². The molecule has 30 heavy (non-hydrogen) atoms. The summed E-state index contributed by atoms with van der Waals surface area (Å²) in [6, 6.07) is 29.7. The highest BCUT2D eigenvalue weighted by molar-refractivity contribution is 8.02. The van der Waals surface area contributed by atoms with E-state index in [1.165, 1.54) is 11.8 Å². The van der Waals surface area contributed by atoms with E-state index in [2.05, 4.69) is 10.6 Å². The molecule has 3 aromatic rings. The number of nitrogens with zero attached hydrogens (tertiary/aromatic N) is 2. The molecule has 0 aliphatic rings. The molecule has 1 amide bonds. The Kier molecular flexibility index (Phi) is 7.27. The topological polar surface area (TPSA) is 88.7 Å². The summed E-state index contributed by atoms with van der Waals surface area (Å²) in [5.41, 5.74) is 2.84. The van der Waals surface area contributed by atoms with Crippen molar-refractivity contribution in [2.24, 2.45) is 0 Å². The lowest BCUT2D eigenvalue weighted by molar-refractivity contribution is 0.102. The van der Waals surface area contributed by atoms with E-state index >= 15 is 0 Å². The molecule has 3 aromatic carbocycles. The molecule has 146 valence electrons. The second-order valence-corrected chi connectivity index (χ2v) is 7.17. The number of benzene rings is 3. The molecule has 0 saturated heterocycles. The van der Waals surface area contributed by atoms with E-state index in [1.54, 1.807) is 6.07 Å². The predicted octanol–water partition coefficient (Wildman–Crippen LogP) is 5.54. The fraction of sp³-hybridized carbons (Fsp3) is 0.0417. The summed E-state index contributed by atoms with van der Waals surface area (Å²) in [5.74, 6) is 0.208. The quantitative estimate of drug-likeness (QED) is 0.499. The first-order chi connectivity index (χ1) is 14.7. The Hall–Kier alpha value is -4.00. The van der Waals surface area contributed by atoms with Crippen LogP contribution in [-0.4, -0.2) is 5.91 Å². The van der Waals surface area contributed by atoms with Gasteiger partial charge in [-0.15, -0.1) is 11.8 Å². The number of anilines is 2. The van der Waals surface area contributed by atoms with E-state index in [4.69, 9.17) is 0 Å².